The molecule has 3 heteroatoms. The Hall–Kier alpha value is -0.240. The zero-order chi connectivity index (χ0) is 7.56. The van der Waals surface area contributed by atoms with Gasteiger partial charge in [0.15, 0.2) is 0 Å². The van der Waals surface area contributed by atoms with Crippen molar-refractivity contribution in [2.45, 2.75) is 13.0 Å². The number of hydrogen-bond acceptors (Lipinski definition) is 1. The van der Waals surface area contributed by atoms with Crippen LogP contribution in [0.15, 0.2) is 24.3 Å². The molecule has 0 spiro atoms. The van der Waals surface area contributed by atoms with Gasteiger partial charge in [0.2, 0.25) is 0 Å². The normalized spacial score (nSPS) is 11.9. The van der Waals surface area contributed by atoms with Gasteiger partial charge in [0.25, 0.3) is 0 Å². The average Bonchev–Trinajstić information content (AvgIpc) is 1.88. The van der Waals surface area contributed by atoms with Gasteiger partial charge in [-0.25, -0.2) is 0 Å². The Labute approximate surface area is 78.0 Å². The highest BCUT2D eigenvalue weighted by Crippen LogP contribution is 2.13. The van der Waals surface area contributed by atoms with E-state index < -0.39 is 0 Å². The van der Waals surface area contributed by atoms with Crippen LogP contribution in [-0.2, 0) is 0 Å². The molecular formula is C8H11Cl2N. The van der Waals surface area contributed by atoms with E-state index in [4.69, 9.17) is 17.3 Å². The van der Waals surface area contributed by atoms with Gasteiger partial charge >= 0.3 is 0 Å². The molecule has 1 atom stereocenters. The summed E-state index contributed by atoms with van der Waals surface area (Å²) in [6.45, 7) is 1.95. The molecule has 1 aromatic carbocycles. The summed E-state index contributed by atoms with van der Waals surface area (Å²) in [7, 11) is 0. The number of rotatable bonds is 1. The van der Waals surface area contributed by atoms with Crippen LogP contribution in [0.5, 0.6) is 0 Å². The lowest BCUT2D eigenvalue weighted by molar-refractivity contribution is 0.818. The lowest BCUT2D eigenvalue weighted by Crippen LogP contribution is -2.03. The highest BCUT2D eigenvalue weighted by molar-refractivity contribution is 6.30. The van der Waals surface area contributed by atoms with Crippen molar-refractivity contribution in [3.63, 3.8) is 0 Å². The fraction of sp³-hybridized carbons (Fsp3) is 0.250. The van der Waals surface area contributed by atoms with Gasteiger partial charge in [-0.2, -0.15) is 0 Å². The molecule has 62 valence electrons. The van der Waals surface area contributed by atoms with Crippen LogP contribution in [0.4, 0.5) is 0 Å². The van der Waals surface area contributed by atoms with E-state index in [1.54, 1.807) is 0 Å². The van der Waals surface area contributed by atoms with Gasteiger partial charge in [0.05, 0.1) is 0 Å². The van der Waals surface area contributed by atoms with Crippen molar-refractivity contribution >= 4 is 24.0 Å². The van der Waals surface area contributed by atoms with Crippen molar-refractivity contribution in [2.75, 3.05) is 0 Å². The molecule has 0 radical (unpaired) electrons. The van der Waals surface area contributed by atoms with Gasteiger partial charge < -0.3 is 5.73 Å². The maximum absolute atomic E-state index is 5.68. The van der Waals surface area contributed by atoms with Crippen LogP contribution in [0.1, 0.15) is 18.5 Å². The molecule has 0 aliphatic carbocycles. The second-order valence-corrected chi connectivity index (χ2v) is 2.78. The monoisotopic (exact) mass is 191 g/mol. The predicted molar refractivity (Wildman–Crippen MR) is 51.3 cm³/mol. The van der Waals surface area contributed by atoms with E-state index >= 15 is 0 Å². The summed E-state index contributed by atoms with van der Waals surface area (Å²) in [5, 5.41) is 0.754. The molecular weight excluding hydrogens is 181 g/mol. The van der Waals surface area contributed by atoms with Crippen molar-refractivity contribution in [3.05, 3.63) is 34.9 Å². The second-order valence-electron chi connectivity index (χ2n) is 2.34. The van der Waals surface area contributed by atoms with Crippen LogP contribution in [0.25, 0.3) is 0 Å². The Morgan fingerprint density at radius 2 is 1.73 bits per heavy atom. The quantitative estimate of drug-likeness (QED) is 0.727. The Morgan fingerprint density at radius 1 is 1.27 bits per heavy atom. The van der Waals surface area contributed by atoms with Crippen molar-refractivity contribution in [1.82, 2.24) is 0 Å². The van der Waals surface area contributed by atoms with E-state index in [9.17, 15) is 0 Å². The van der Waals surface area contributed by atoms with Gasteiger partial charge in [0.1, 0.15) is 0 Å². The predicted octanol–water partition coefficient (Wildman–Crippen LogP) is 2.78. The second kappa shape index (κ2) is 4.60. The third-order valence-corrected chi connectivity index (χ3v) is 1.65. The van der Waals surface area contributed by atoms with E-state index in [2.05, 4.69) is 0 Å². The molecule has 0 unspecified atom stereocenters. The van der Waals surface area contributed by atoms with Crippen LogP contribution in [-0.4, -0.2) is 0 Å². The lowest BCUT2D eigenvalue weighted by Gasteiger charge is -2.03. The van der Waals surface area contributed by atoms with Crippen molar-refractivity contribution in [2.24, 2.45) is 5.73 Å². The summed E-state index contributed by atoms with van der Waals surface area (Å²) < 4.78 is 0. The van der Waals surface area contributed by atoms with Crippen molar-refractivity contribution in [3.8, 4) is 0 Å². The molecule has 11 heavy (non-hydrogen) atoms. The molecule has 0 saturated heterocycles. The van der Waals surface area contributed by atoms with Crippen LogP contribution in [0.2, 0.25) is 5.02 Å². The minimum Gasteiger partial charge on any atom is -0.324 e. The molecule has 0 aliphatic heterocycles. The molecule has 1 rings (SSSR count). The number of halogens is 2. The largest absolute Gasteiger partial charge is 0.324 e. The zero-order valence-electron chi connectivity index (χ0n) is 6.25. The van der Waals surface area contributed by atoms with Crippen LogP contribution in [0, 0.1) is 0 Å². The third kappa shape index (κ3) is 3.10. The molecule has 0 aliphatic rings. The molecule has 0 fully saturated rings. The first-order valence-corrected chi connectivity index (χ1v) is 3.59. The number of benzene rings is 1. The molecule has 1 nitrogen and oxygen atoms in total. The van der Waals surface area contributed by atoms with E-state index in [0.717, 1.165) is 10.6 Å². The highest BCUT2D eigenvalue weighted by Gasteiger charge is 1.96. The number of hydrogen-bond donors (Lipinski definition) is 1. The summed E-state index contributed by atoms with van der Waals surface area (Å²) in [6.07, 6.45) is 0. The minimum atomic E-state index is 0. The Bertz CT molecular complexity index is 206. The Morgan fingerprint density at radius 3 is 2.09 bits per heavy atom. The standard InChI is InChI=1S/C8H10ClN.ClH/c1-6(10)7-2-4-8(9)5-3-7;/h2-6H,10H2,1H3;1H/t6-;/m0./s1. The third-order valence-electron chi connectivity index (χ3n) is 1.40. The van der Waals surface area contributed by atoms with Crippen LogP contribution >= 0.6 is 24.0 Å². The van der Waals surface area contributed by atoms with Gasteiger partial charge in [-0.05, 0) is 24.6 Å². The fourth-order valence-electron chi connectivity index (χ4n) is 0.766. The van der Waals surface area contributed by atoms with Gasteiger partial charge in [-0.3, -0.25) is 0 Å². The molecule has 0 bridgehead atoms. The summed E-state index contributed by atoms with van der Waals surface area (Å²) in [6, 6.07) is 7.66. The highest BCUT2D eigenvalue weighted by atomic mass is 35.5. The van der Waals surface area contributed by atoms with Gasteiger partial charge in [-0.15, -0.1) is 12.4 Å². The van der Waals surface area contributed by atoms with E-state index in [-0.39, 0.29) is 18.4 Å². The summed E-state index contributed by atoms with van der Waals surface area (Å²) >= 11 is 5.68. The molecule has 1 aromatic rings. The first-order valence-electron chi connectivity index (χ1n) is 3.21. The minimum absolute atomic E-state index is 0. The SMILES string of the molecule is C[C@H](N)c1ccc(Cl)cc1.Cl. The van der Waals surface area contributed by atoms with Crippen molar-refractivity contribution < 1.29 is 0 Å². The van der Waals surface area contributed by atoms with E-state index in [1.165, 1.54) is 0 Å². The number of nitrogens with two attached hydrogens (primary N) is 1. The van der Waals surface area contributed by atoms with E-state index in [0.29, 0.717) is 0 Å². The topological polar surface area (TPSA) is 26.0 Å². The molecule has 0 amide bonds. The summed E-state index contributed by atoms with van der Waals surface area (Å²) in [4.78, 5) is 0. The van der Waals surface area contributed by atoms with Gasteiger partial charge in [0, 0.05) is 11.1 Å². The zero-order valence-corrected chi connectivity index (χ0v) is 7.82. The molecule has 0 heterocycles. The first-order chi connectivity index (χ1) is 4.70. The van der Waals surface area contributed by atoms with Crippen LogP contribution in [0.3, 0.4) is 0 Å². The first kappa shape index (κ1) is 10.8. The average molecular weight is 192 g/mol. The van der Waals surface area contributed by atoms with Gasteiger partial charge in [-0.1, -0.05) is 23.7 Å². The van der Waals surface area contributed by atoms with Crippen LogP contribution < -0.4 is 5.73 Å². The maximum Gasteiger partial charge on any atom is 0.0406 e. The lowest BCUT2D eigenvalue weighted by atomic mass is 10.1. The van der Waals surface area contributed by atoms with E-state index in [1.807, 2.05) is 31.2 Å². The summed E-state index contributed by atoms with van der Waals surface area (Å²) in [5.41, 5.74) is 6.74. The van der Waals surface area contributed by atoms with Crippen molar-refractivity contribution in [1.29, 1.82) is 0 Å². The fourth-order valence-corrected chi connectivity index (χ4v) is 0.892. The summed E-state index contributed by atoms with van der Waals surface area (Å²) in [5.74, 6) is 0. The molecule has 0 saturated carbocycles. The molecule has 0 aromatic heterocycles. The Kier molecular flexibility index (Phi) is 4.50. The maximum atomic E-state index is 5.68. The smallest absolute Gasteiger partial charge is 0.0406 e. The molecule has 2 N–H and O–H groups in total. The Balaban J connectivity index is 0.000001000.